The molecule has 0 aromatic carbocycles. The normalized spacial score (nSPS) is 21.0. The highest BCUT2D eigenvalue weighted by Crippen LogP contribution is 2.30. The Kier molecular flexibility index (Phi) is 6.02. The van der Waals surface area contributed by atoms with Crippen LogP contribution in [0.4, 0.5) is 4.39 Å². The molecule has 1 aromatic rings. The standard InChI is InChI=1S/C16H26FN3S/c1-16(2)7-9-20(10-11-21-16)8-6-14(18-3)15-5-4-13(17)12-19-15/h4-5,12,14,18H,6-11H2,1-3H3. The maximum absolute atomic E-state index is 13.0. The van der Waals surface area contributed by atoms with Gasteiger partial charge in [-0.05, 0) is 38.6 Å². The molecule has 0 aliphatic carbocycles. The Balaban J connectivity index is 1.87. The molecule has 2 heterocycles. The topological polar surface area (TPSA) is 28.2 Å². The number of pyridine rings is 1. The molecule has 1 atom stereocenters. The Labute approximate surface area is 131 Å². The van der Waals surface area contributed by atoms with E-state index in [1.54, 1.807) is 6.07 Å². The number of rotatable bonds is 5. The average molecular weight is 311 g/mol. The zero-order valence-corrected chi connectivity index (χ0v) is 14.0. The van der Waals surface area contributed by atoms with E-state index in [0.29, 0.717) is 4.75 Å². The van der Waals surface area contributed by atoms with E-state index in [9.17, 15) is 4.39 Å². The van der Waals surface area contributed by atoms with E-state index in [4.69, 9.17) is 0 Å². The Bertz CT molecular complexity index is 436. The second-order valence-corrected chi connectivity index (χ2v) is 8.03. The minimum absolute atomic E-state index is 0.189. The summed E-state index contributed by atoms with van der Waals surface area (Å²) >= 11 is 2.07. The highest BCUT2D eigenvalue weighted by Gasteiger charge is 2.24. The molecular weight excluding hydrogens is 285 g/mol. The summed E-state index contributed by atoms with van der Waals surface area (Å²) in [5, 5.41) is 3.29. The predicted octanol–water partition coefficient (Wildman–Crippen LogP) is 3.09. The van der Waals surface area contributed by atoms with Gasteiger partial charge in [0.15, 0.2) is 0 Å². The highest BCUT2D eigenvalue weighted by molar-refractivity contribution is 8.00. The second-order valence-electron chi connectivity index (χ2n) is 6.23. The number of halogens is 1. The van der Waals surface area contributed by atoms with Crippen molar-refractivity contribution in [2.75, 3.05) is 32.4 Å². The van der Waals surface area contributed by atoms with Crippen molar-refractivity contribution in [1.82, 2.24) is 15.2 Å². The SMILES string of the molecule is CNC(CCN1CCSC(C)(C)CC1)c1ccc(F)cn1. The van der Waals surface area contributed by atoms with Gasteiger partial charge in [0.2, 0.25) is 0 Å². The number of thioether (sulfide) groups is 1. The first kappa shape index (κ1) is 16.7. The molecule has 1 unspecified atom stereocenters. The van der Waals surface area contributed by atoms with Gasteiger partial charge in [0.1, 0.15) is 5.82 Å². The molecule has 1 N–H and O–H groups in total. The van der Waals surface area contributed by atoms with Crippen molar-refractivity contribution in [3.63, 3.8) is 0 Å². The molecule has 5 heteroatoms. The second kappa shape index (κ2) is 7.56. The molecule has 0 saturated carbocycles. The van der Waals surface area contributed by atoms with Crippen molar-refractivity contribution in [3.05, 3.63) is 29.8 Å². The van der Waals surface area contributed by atoms with E-state index in [1.807, 2.05) is 7.05 Å². The third-order valence-electron chi connectivity index (χ3n) is 4.12. The molecule has 2 rings (SSSR count). The summed E-state index contributed by atoms with van der Waals surface area (Å²) in [6.07, 6.45) is 3.53. The van der Waals surface area contributed by atoms with Crippen LogP contribution >= 0.6 is 11.8 Å². The monoisotopic (exact) mass is 311 g/mol. The maximum Gasteiger partial charge on any atom is 0.141 e. The Morgan fingerprint density at radius 2 is 2.24 bits per heavy atom. The number of hydrogen-bond donors (Lipinski definition) is 1. The van der Waals surface area contributed by atoms with Gasteiger partial charge in [0.05, 0.1) is 17.9 Å². The van der Waals surface area contributed by atoms with E-state index in [1.165, 1.54) is 24.4 Å². The summed E-state index contributed by atoms with van der Waals surface area (Å²) in [6, 6.07) is 3.45. The molecule has 1 saturated heterocycles. The summed E-state index contributed by atoms with van der Waals surface area (Å²) in [5.74, 6) is 0.923. The van der Waals surface area contributed by atoms with Crippen molar-refractivity contribution in [2.45, 2.75) is 37.5 Å². The Morgan fingerprint density at radius 1 is 1.43 bits per heavy atom. The Morgan fingerprint density at radius 3 is 2.90 bits per heavy atom. The van der Waals surface area contributed by atoms with E-state index in [-0.39, 0.29) is 11.9 Å². The number of nitrogens with one attached hydrogen (secondary N) is 1. The molecule has 21 heavy (non-hydrogen) atoms. The summed E-state index contributed by atoms with van der Waals surface area (Å²) < 4.78 is 13.4. The van der Waals surface area contributed by atoms with Crippen LogP contribution in [0, 0.1) is 5.82 Å². The van der Waals surface area contributed by atoms with Crippen molar-refractivity contribution in [2.24, 2.45) is 0 Å². The summed E-state index contributed by atoms with van der Waals surface area (Å²) in [7, 11) is 1.94. The third kappa shape index (κ3) is 5.24. The highest BCUT2D eigenvalue weighted by atomic mass is 32.2. The average Bonchev–Trinajstić information content (AvgIpc) is 2.62. The van der Waals surface area contributed by atoms with Crippen LogP contribution in [0.3, 0.4) is 0 Å². The van der Waals surface area contributed by atoms with Crippen LogP contribution in [0.5, 0.6) is 0 Å². The minimum atomic E-state index is -0.277. The van der Waals surface area contributed by atoms with Crippen molar-refractivity contribution >= 4 is 11.8 Å². The molecule has 1 fully saturated rings. The fourth-order valence-electron chi connectivity index (χ4n) is 2.63. The Hall–Kier alpha value is -0.650. The number of hydrogen-bond acceptors (Lipinski definition) is 4. The van der Waals surface area contributed by atoms with Gasteiger partial charge in [-0.3, -0.25) is 4.98 Å². The number of nitrogens with zero attached hydrogens (tertiary/aromatic N) is 2. The summed E-state index contributed by atoms with van der Waals surface area (Å²) in [5.41, 5.74) is 0.920. The lowest BCUT2D eigenvalue weighted by Crippen LogP contribution is -2.31. The van der Waals surface area contributed by atoms with Crippen LogP contribution in [0.25, 0.3) is 0 Å². The van der Waals surface area contributed by atoms with Crippen LogP contribution in [-0.2, 0) is 0 Å². The summed E-state index contributed by atoms with van der Waals surface area (Å²) in [6.45, 7) is 8.04. The third-order valence-corrected chi connectivity index (χ3v) is 5.49. The molecule has 3 nitrogen and oxygen atoms in total. The van der Waals surface area contributed by atoms with Gasteiger partial charge in [0, 0.05) is 23.6 Å². The smallest absolute Gasteiger partial charge is 0.141 e. The first-order chi connectivity index (χ1) is 10.00. The molecule has 1 aliphatic heterocycles. The van der Waals surface area contributed by atoms with Crippen LogP contribution in [0.2, 0.25) is 0 Å². The van der Waals surface area contributed by atoms with Crippen LogP contribution < -0.4 is 5.32 Å². The van der Waals surface area contributed by atoms with Crippen molar-refractivity contribution < 1.29 is 4.39 Å². The van der Waals surface area contributed by atoms with Gasteiger partial charge in [-0.1, -0.05) is 13.8 Å². The lowest BCUT2D eigenvalue weighted by atomic mass is 10.1. The zero-order chi connectivity index (χ0) is 15.3. The van der Waals surface area contributed by atoms with E-state index >= 15 is 0 Å². The van der Waals surface area contributed by atoms with Gasteiger partial charge in [-0.15, -0.1) is 0 Å². The van der Waals surface area contributed by atoms with Crippen LogP contribution in [0.1, 0.15) is 38.4 Å². The molecule has 0 spiro atoms. The van der Waals surface area contributed by atoms with E-state index in [0.717, 1.165) is 31.7 Å². The van der Waals surface area contributed by atoms with Gasteiger partial charge >= 0.3 is 0 Å². The number of aromatic nitrogens is 1. The van der Waals surface area contributed by atoms with Crippen molar-refractivity contribution in [1.29, 1.82) is 0 Å². The first-order valence-electron chi connectivity index (χ1n) is 7.65. The van der Waals surface area contributed by atoms with Crippen LogP contribution in [-0.4, -0.2) is 47.1 Å². The predicted molar refractivity (Wildman–Crippen MR) is 88.2 cm³/mol. The van der Waals surface area contributed by atoms with Gasteiger partial charge < -0.3 is 10.2 Å². The van der Waals surface area contributed by atoms with Crippen LogP contribution in [0.15, 0.2) is 18.3 Å². The largest absolute Gasteiger partial charge is 0.312 e. The minimum Gasteiger partial charge on any atom is -0.312 e. The fourth-order valence-corrected chi connectivity index (χ4v) is 3.77. The fraction of sp³-hybridized carbons (Fsp3) is 0.688. The lowest BCUT2D eigenvalue weighted by molar-refractivity contribution is 0.267. The van der Waals surface area contributed by atoms with E-state index in [2.05, 4.69) is 40.8 Å². The lowest BCUT2D eigenvalue weighted by Gasteiger charge is -2.24. The first-order valence-corrected chi connectivity index (χ1v) is 8.64. The summed E-state index contributed by atoms with van der Waals surface area (Å²) in [4.78, 5) is 6.73. The van der Waals surface area contributed by atoms with Gasteiger partial charge in [-0.25, -0.2) is 4.39 Å². The van der Waals surface area contributed by atoms with Gasteiger partial charge in [-0.2, -0.15) is 11.8 Å². The zero-order valence-electron chi connectivity index (χ0n) is 13.2. The molecular formula is C16H26FN3S. The molecule has 1 aromatic heterocycles. The van der Waals surface area contributed by atoms with E-state index < -0.39 is 0 Å². The molecule has 0 amide bonds. The van der Waals surface area contributed by atoms with Crippen molar-refractivity contribution in [3.8, 4) is 0 Å². The maximum atomic E-state index is 13.0. The quantitative estimate of drug-likeness (QED) is 0.904. The molecule has 0 radical (unpaired) electrons. The van der Waals surface area contributed by atoms with Gasteiger partial charge in [0.25, 0.3) is 0 Å². The molecule has 1 aliphatic rings. The molecule has 0 bridgehead atoms. The molecule has 118 valence electrons.